The molecule has 128 valence electrons. The maximum absolute atomic E-state index is 10.7. The Labute approximate surface area is 143 Å². The first kappa shape index (κ1) is 13.1. The van der Waals surface area contributed by atoms with Crippen molar-refractivity contribution in [2.75, 3.05) is 27.2 Å². The Hall–Kier alpha value is -1.26. The van der Waals surface area contributed by atoms with Crippen LogP contribution < -0.4 is 9.47 Å². The van der Waals surface area contributed by atoms with E-state index in [1.165, 1.54) is 7.11 Å². The molecule has 0 amide bonds. The van der Waals surface area contributed by atoms with Crippen molar-refractivity contribution in [3.63, 3.8) is 0 Å². The normalized spacial score (nSPS) is 30.0. The van der Waals surface area contributed by atoms with Crippen LogP contribution in [0.25, 0.3) is 0 Å². The van der Waals surface area contributed by atoms with Crippen molar-refractivity contribution in [2.24, 2.45) is 11.8 Å². The first-order valence-corrected chi connectivity index (χ1v) is 8.50. The number of nitrogens with zero attached hydrogens (tertiary/aromatic N) is 1. The molecule has 3 atom stereocenters. The molecule has 1 saturated heterocycles. The van der Waals surface area contributed by atoms with Gasteiger partial charge in [0.05, 0.1) is 24.4 Å². The molecule has 23 heavy (non-hydrogen) atoms. The highest BCUT2D eigenvalue weighted by atomic mass is 16.5. The molecule has 3 unspecified atom stereocenters. The average molecular weight is 322 g/mol. The number of aliphatic hydroxyl groups excluding tert-OH is 1. The Kier molecular flexibility index (Phi) is 3.81. The van der Waals surface area contributed by atoms with Crippen molar-refractivity contribution < 1.29 is 18.7 Å². The van der Waals surface area contributed by atoms with Crippen LogP contribution in [-0.2, 0) is 6.42 Å². The lowest BCUT2D eigenvalue weighted by Crippen LogP contribution is -2.48. The molecule has 4 nitrogen and oxygen atoms in total. The predicted octanol–water partition coefficient (Wildman–Crippen LogP) is 3.03. The van der Waals surface area contributed by atoms with Crippen LogP contribution in [0.2, 0.25) is 0 Å². The van der Waals surface area contributed by atoms with Gasteiger partial charge in [0.1, 0.15) is 0 Å². The lowest BCUT2D eigenvalue weighted by atomic mass is 9.79. The summed E-state index contributed by atoms with van der Waals surface area (Å²) in [7, 11) is -0.990. The summed E-state index contributed by atoms with van der Waals surface area (Å²) in [6.07, 6.45) is 2.27. The van der Waals surface area contributed by atoms with Gasteiger partial charge in [-0.25, -0.2) is 0 Å². The number of fused-ring (bicyclic) bond motifs is 3. The predicted molar refractivity (Wildman–Crippen MR) is 91.1 cm³/mol. The van der Waals surface area contributed by atoms with Gasteiger partial charge >= 0.3 is 0 Å². The van der Waals surface area contributed by atoms with Crippen LogP contribution in [0, 0.1) is 11.8 Å². The zero-order valence-electron chi connectivity index (χ0n) is 17.2. The molecule has 1 fully saturated rings. The molecular formula is C19H29NO3. The highest BCUT2D eigenvalue weighted by Crippen LogP contribution is 2.43. The molecule has 1 aromatic rings. The van der Waals surface area contributed by atoms with Crippen molar-refractivity contribution in [2.45, 2.75) is 45.3 Å². The summed E-state index contributed by atoms with van der Waals surface area (Å²) in [4.78, 5) is 2.45. The second-order valence-corrected chi connectivity index (χ2v) is 7.26. The molecule has 0 bridgehead atoms. The van der Waals surface area contributed by atoms with Crippen LogP contribution in [0.4, 0.5) is 0 Å². The third-order valence-corrected chi connectivity index (χ3v) is 5.26. The molecule has 0 aliphatic carbocycles. The number of rotatable bonds is 4. The van der Waals surface area contributed by atoms with Crippen LogP contribution in [0.3, 0.4) is 0 Å². The smallest absolute Gasteiger partial charge is 0.161 e. The Morgan fingerprint density at radius 3 is 2.83 bits per heavy atom. The lowest BCUT2D eigenvalue weighted by Gasteiger charge is -2.46. The molecule has 2 aliphatic heterocycles. The van der Waals surface area contributed by atoms with E-state index in [1.807, 2.05) is 6.07 Å². The van der Waals surface area contributed by atoms with Gasteiger partial charge in [-0.05, 0) is 54.4 Å². The van der Waals surface area contributed by atoms with E-state index < -0.39 is 7.04 Å². The Morgan fingerprint density at radius 2 is 2.13 bits per heavy atom. The minimum absolute atomic E-state index is 0.146. The zero-order valence-corrected chi connectivity index (χ0v) is 14.2. The van der Waals surface area contributed by atoms with Gasteiger partial charge in [0, 0.05) is 19.1 Å². The number of hydrogen-bond acceptors (Lipinski definition) is 4. The van der Waals surface area contributed by atoms with Gasteiger partial charge in [0.25, 0.3) is 0 Å². The monoisotopic (exact) mass is 322 g/mol. The van der Waals surface area contributed by atoms with E-state index >= 15 is 0 Å². The summed E-state index contributed by atoms with van der Waals surface area (Å²) in [6, 6.07) is 3.83. The van der Waals surface area contributed by atoms with Crippen molar-refractivity contribution >= 4 is 0 Å². The van der Waals surface area contributed by atoms with Gasteiger partial charge in [0.2, 0.25) is 0 Å². The third-order valence-electron chi connectivity index (χ3n) is 5.26. The minimum Gasteiger partial charge on any atom is -0.493 e. The fourth-order valence-corrected chi connectivity index (χ4v) is 4.18. The van der Waals surface area contributed by atoms with E-state index in [4.69, 9.17) is 13.6 Å². The topological polar surface area (TPSA) is 41.9 Å². The Morgan fingerprint density at radius 1 is 1.35 bits per heavy atom. The van der Waals surface area contributed by atoms with Crippen LogP contribution >= 0.6 is 0 Å². The molecule has 2 heterocycles. The third kappa shape index (κ3) is 3.20. The average Bonchev–Trinajstić information content (AvgIpc) is 2.53. The minimum atomic E-state index is -2.51. The standard InChI is InChI=1S/C19H29NO3/c1-12(2)7-14-11-20-6-5-13-8-18(22-3)19(23-4)9-15(13)16(20)10-17(14)21/h8-9,12,14,16-17,21H,5-7,10-11H2,1-4H3/i3D3. The van der Waals surface area contributed by atoms with Crippen LogP contribution in [0.1, 0.15) is 48.0 Å². The molecule has 0 aromatic heterocycles. The second kappa shape index (κ2) is 6.70. The van der Waals surface area contributed by atoms with Crippen molar-refractivity contribution in [1.82, 2.24) is 4.90 Å². The van der Waals surface area contributed by atoms with E-state index in [0.717, 1.165) is 37.1 Å². The highest BCUT2D eigenvalue weighted by molar-refractivity contribution is 5.49. The number of methoxy groups -OCH3 is 2. The first-order valence-electron chi connectivity index (χ1n) is 10.00. The number of ether oxygens (including phenoxy) is 2. The van der Waals surface area contributed by atoms with E-state index in [-0.39, 0.29) is 17.9 Å². The van der Waals surface area contributed by atoms with Crippen LogP contribution in [-0.4, -0.2) is 43.3 Å². The van der Waals surface area contributed by atoms with Crippen molar-refractivity contribution in [3.8, 4) is 11.5 Å². The maximum atomic E-state index is 10.7. The van der Waals surface area contributed by atoms with Gasteiger partial charge in [-0.2, -0.15) is 0 Å². The van der Waals surface area contributed by atoms with Gasteiger partial charge < -0.3 is 14.6 Å². The fraction of sp³-hybridized carbons (Fsp3) is 0.684. The quantitative estimate of drug-likeness (QED) is 0.925. The first-order chi connectivity index (χ1) is 12.2. The van der Waals surface area contributed by atoms with Crippen molar-refractivity contribution in [1.29, 1.82) is 0 Å². The van der Waals surface area contributed by atoms with Gasteiger partial charge in [0.15, 0.2) is 11.5 Å². The summed E-state index contributed by atoms with van der Waals surface area (Å²) >= 11 is 0. The second-order valence-electron chi connectivity index (χ2n) is 7.26. The molecular weight excluding hydrogens is 290 g/mol. The fourth-order valence-electron chi connectivity index (χ4n) is 4.18. The van der Waals surface area contributed by atoms with Gasteiger partial charge in [-0.15, -0.1) is 0 Å². The summed E-state index contributed by atoms with van der Waals surface area (Å²) in [5.41, 5.74) is 2.20. The zero-order chi connectivity index (χ0) is 19.1. The lowest BCUT2D eigenvalue weighted by molar-refractivity contribution is -0.0191. The van der Waals surface area contributed by atoms with E-state index in [0.29, 0.717) is 24.0 Å². The summed E-state index contributed by atoms with van der Waals surface area (Å²) < 4.78 is 32.5. The Bertz CT molecular complexity index is 648. The van der Waals surface area contributed by atoms with Crippen molar-refractivity contribution in [3.05, 3.63) is 23.3 Å². The Balaban J connectivity index is 1.87. The van der Waals surface area contributed by atoms with Gasteiger partial charge in [-0.3, -0.25) is 4.90 Å². The van der Waals surface area contributed by atoms with E-state index in [2.05, 4.69) is 18.7 Å². The molecule has 4 heteroatoms. The number of piperidine rings is 1. The van der Waals surface area contributed by atoms with E-state index in [9.17, 15) is 5.11 Å². The highest BCUT2D eigenvalue weighted by Gasteiger charge is 2.38. The number of benzene rings is 1. The number of hydrogen-bond donors (Lipinski definition) is 1. The largest absolute Gasteiger partial charge is 0.493 e. The summed E-state index contributed by atoms with van der Waals surface area (Å²) in [6.45, 7) is 6.21. The van der Waals surface area contributed by atoms with Crippen LogP contribution in [0.5, 0.6) is 11.5 Å². The molecule has 1 aromatic carbocycles. The maximum Gasteiger partial charge on any atom is 0.161 e. The molecule has 2 aliphatic rings. The molecule has 1 N–H and O–H groups in total. The SMILES string of the molecule is [2H]C([2H])([2H])Oc1cc2c(cc1OC)C1CC(O)C(CC(C)C)CN1CC2. The number of aliphatic hydroxyl groups is 1. The molecule has 0 saturated carbocycles. The molecule has 0 radical (unpaired) electrons. The summed E-state index contributed by atoms with van der Waals surface area (Å²) in [5, 5.41) is 10.7. The summed E-state index contributed by atoms with van der Waals surface area (Å²) in [5.74, 6) is 1.57. The molecule has 3 rings (SSSR count). The van der Waals surface area contributed by atoms with Gasteiger partial charge in [-0.1, -0.05) is 13.8 Å². The van der Waals surface area contributed by atoms with E-state index in [1.54, 1.807) is 6.07 Å². The molecule has 0 spiro atoms. The van der Waals surface area contributed by atoms with Crippen LogP contribution in [0.15, 0.2) is 12.1 Å².